The van der Waals surface area contributed by atoms with Gasteiger partial charge in [0.2, 0.25) is 0 Å². The van der Waals surface area contributed by atoms with Crippen molar-refractivity contribution in [1.82, 2.24) is 5.32 Å². The summed E-state index contributed by atoms with van der Waals surface area (Å²) in [5.74, 6) is 1.82. The maximum atomic E-state index is 13.0. The molecule has 0 heterocycles. The Balaban J connectivity index is 2.73. The van der Waals surface area contributed by atoms with Crippen molar-refractivity contribution in [2.45, 2.75) is 26.1 Å². The Morgan fingerprint density at radius 2 is 2.05 bits per heavy atom. The quantitative estimate of drug-likeness (QED) is 0.735. The average Bonchev–Trinajstić information content (AvgIpc) is 2.39. The third-order valence-corrected chi connectivity index (χ3v) is 3.61. The monoisotopic (exact) mass is 307 g/mol. The highest BCUT2D eigenvalue weighted by molar-refractivity contribution is 7.99. The van der Waals surface area contributed by atoms with E-state index >= 15 is 0 Å². The Kier molecular flexibility index (Phi) is 7.23. The second-order valence-electron chi connectivity index (χ2n) is 4.26. The number of hydrogen-bond acceptors (Lipinski definition) is 3. The zero-order valence-electron chi connectivity index (χ0n) is 11.7. The van der Waals surface area contributed by atoms with Crippen molar-refractivity contribution in [2.75, 3.05) is 25.2 Å². The van der Waals surface area contributed by atoms with Crippen LogP contribution in [-0.2, 0) is 12.7 Å². The summed E-state index contributed by atoms with van der Waals surface area (Å²) in [7, 11) is 1.70. The Bertz CT molecular complexity index is 410. The number of thioether (sulfide) groups is 1. The van der Waals surface area contributed by atoms with Gasteiger partial charge in [-0.2, -0.15) is 24.9 Å². The van der Waals surface area contributed by atoms with Crippen molar-refractivity contribution in [3.05, 3.63) is 29.3 Å². The first-order valence-corrected chi connectivity index (χ1v) is 7.69. The highest BCUT2D eigenvalue weighted by Gasteiger charge is 2.34. The summed E-state index contributed by atoms with van der Waals surface area (Å²) in [6.07, 6.45) is -3.65. The number of halogens is 3. The summed E-state index contributed by atoms with van der Waals surface area (Å²) in [6.45, 7) is 2.76. The third kappa shape index (κ3) is 5.63. The molecule has 1 aromatic carbocycles. The van der Waals surface area contributed by atoms with Crippen molar-refractivity contribution in [1.29, 1.82) is 0 Å². The van der Waals surface area contributed by atoms with Crippen LogP contribution in [0.3, 0.4) is 0 Å². The van der Waals surface area contributed by atoms with Gasteiger partial charge in [-0.1, -0.05) is 13.0 Å². The van der Waals surface area contributed by atoms with Crippen LogP contribution in [0.5, 0.6) is 5.75 Å². The van der Waals surface area contributed by atoms with Crippen LogP contribution in [0.25, 0.3) is 0 Å². The lowest BCUT2D eigenvalue weighted by Gasteiger charge is -2.15. The average molecular weight is 307 g/mol. The molecule has 0 atom stereocenters. The van der Waals surface area contributed by atoms with Crippen LogP contribution in [0.4, 0.5) is 13.2 Å². The number of hydrogen-bond donors (Lipinski definition) is 1. The number of alkyl halides is 3. The molecular weight excluding hydrogens is 287 g/mol. The van der Waals surface area contributed by atoms with E-state index in [0.29, 0.717) is 18.7 Å². The number of rotatable bonds is 8. The Hall–Kier alpha value is -0.880. The van der Waals surface area contributed by atoms with E-state index in [2.05, 4.69) is 5.32 Å². The van der Waals surface area contributed by atoms with Crippen LogP contribution in [0.1, 0.15) is 24.5 Å². The molecule has 0 saturated carbocycles. The normalized spacial score (nSPS) is 11.7. The van der Waals surface area contributed by atoms with E-state index in [1.54, 1.807) is 24.9 Å². The fourth-order valence-corrected chi connectivity index (χ4v) is 2.34. The smallest absolute Gasteiger partial charge is 0.419 e. The molecule has 1 rings (SSSR count). The fourth-order valence-electron chi connectivity index (χ4n) is 1.73. The number of nitrogens with one attached hydrogen (secondary N) is 1. The van der Waals surface area contributed by atoms with Crippen molar-refractivity contribution in [3.63, 3.8) is 0 Å². The first-order valence-electron chi connectivity index (χ1n) is 6.54. The fraction of sp³-hybridized carbons (Fsp3) is 0.571. The van der Waals surface area contributed by atoms with Crippen LogP contribution >= 0.6 is 11.8 Å². The van der Waals surface area contributed by atoms with Crippen molar-refractivity contribution < 1.29 is 17.9 Å². The molecule has 0 unspecified atom stereocenters. The second kappa shape index (κ2) is 8.42. The first kappa shape index (κ1) is 17.2. The van der Waals surface area contributed by atoms with Crippen molar-refractivity contribution in [3.8, 4) is 5.75 Å². The summed E-state index contributed by atoms with van der Waals surface area (Å²) in [5, 5.41) is 2.84. The molecule has 1 aromatic rings. The highest BCUT2D eigenvalue weighted by Crippen LogP contribution is 2.36. The van der Waals surface area contributed by atoms with Gasteiger partial charge < -0.3 is 10.1 Å². The van der Waals surface area contributed by atoms with Gasteiger partial charge in [-0.15, -0.1) is 0 Å². The molecule has 0 radical (unpaired) electrons. The molecule has 0 saturated heterocycles. The van der Waals surface area contributed by atoms with Crippen molar-refractivity contribution in [2.24, 2.45) is 0 Å². The van der Waals surface area contributed by atoms with Crippen LogP contribution in [-0.4, -0.2) is 25.2 Å². The lowest BCUT2D eigenvalue weighted by atomic mass is 10.1. The lowest BCUT2D eigenvalue weighted by molar-refractivity contribution is -0.139. The zero-order chi connectivity index (χ0) is 15.0. The molecule has 114 valence electrons. The van der Waals surface area contributed by atoms with Crippen molar-refractivity contribution >= 4 is 11.8 Å². The van der Waals surface area contributed by atoms with Crippen LogP contribution in [0.15, 0.2) is 18.2 Å². The molecule has 0 aliphatic rings. The molecule has 2 nitrogen and oxygen atoms in total. The Morgan fingerprint density at radius 1 is 1.30 bits per heavy atom. The summed E-state index contributed by atoms with van der Waals surface area (Å²) in [6, 6.07) is 4.21. The van der Waals surface area contributed by atoms with Crippen LogP contribution < -0.4 is 10.1 Å². The maximum absolute atomic E-state index is 13.0. The van der Waals surface area contributed by atoms with Gasteiger partial charge >= 0.3 is 6.18 Å². The van der Waals surface area contributed by atoms with E-state index < -0.39 is 11.7 Å². The molecular formula is C14H20F3NOS. The van der Waals surface area contributed by atoms with Gasteiger partial charge in [0.25, 0.3) is 0 Å². The van der Waals surface area contributed by atoms with E-state index in [1.165, 1.54) is 6.07 Å². The van der Waals surface area contributed by atoms with E-state index in [0.717, 1.165) is 24.0 Å². The molecule has 0 aliphatic carbocycles. The molecule has 1 N–H and O–H groups in total. The minimum atomic E-state index is -4.39. The topological polar surface area (TPSA) is 21.3 Å². The van der Waals surface area contributed by atoms with Gasteiger partial charge in [0.1, 0.15) is 5.75 Å². The molecule has 0 aliphatic heterocycles. The van der Waals surface area contributed by atoms with E-state index in [1.807, 2.05) is 6.92 Å². The predicted molar refractivity (Wildman–Crippen MR) is 77.3 cm³/mol. The van der Waals surface area contributed by atoms with Crippen LogP contribution in [0, 0.1) is 0 Å². The van der Waals surface area contributed by atoms with Gasteiger partial charge in [0.05, 0.1) is 12.2 Å². The summed E-state index contributed by atoms with van der Waals surface area (Å²) < 4.78 is 44.3. The standard InChI is InChI=1S/C14H20F3NOS/c1-3-20-8-4-7-19-13-6-5-11(10-18-2)9-12(13)14(15,16)17/h5-6,9,18H,3-4,7-8,10H2,1-2H3. The number of benzene rings is 1. The van der Waals surface area contributed by atoms with Gasteiger partial charge in [-0.3, -0.25) is 0 Å². The van der Waals surface area contributed by atoms with Gasteiger partial charge in [-0.05, 0) is 42.7 Å². The molecule has 0 fully saturated rings. The zero-order valence-corrected chi connectivity index (χ0v) is 12.5. The van der Waals surface area contributed by atoms with E-state index in [-0.39, 0.29) is 5.75 Å². The Morgan fingerprint density at radius 3 is 2.65 bits per heavy atom. The van der Waals surface area contributed by atoms with Crippen LogP contribution in [0.2, 0.25) is 0 Å². The third-order valence-electron chi connectivity index (χ3n) is 2.62. The second-order valence-corrected chi connectivity index (χ2v) is 5.65. The molecule has 0 amide bonds. The first-order chi connectivity index (χ1) is 9.49. The summed E-state index contributed by atoms with van der Waals surface area (Å²) in [5.41, 5.74) is -0.109. The number of ether oxygens (including phenoxy) is 1. The minimum Gasteiger partial charge on any atom is -0.493 e. The SMILES string of the molecule is CCSCCCOc1ccc(CNC)cc1C(F)(F)F. The van der Waals surface area contributed by atoms with Gasteiger partial charge in [0.15, 0.2) is 0 Å². The van der Waals surface area contributed by atoms with E-state index in [4.69, 9.17) is 4.74 Å². The molecule has 20 heavy (non-hydrogen) atoms. The minimum absolute atomic E-state index is 0.0844. The lowest BCUT2D eigenvalue weighted by Crippen LogP contribution is -2.12. The Labute approximate surface area is 122 Å². The summed E-state index contributed by atoms with van der Waals surface area (Å²) in [4.78, 5) is 0. The maximum Gasteiger partial charge on any atom is 0.419 e. The summed E-state index contributed by atoms with van der Waals surface area (Å²) >= 11 is 1.75. The van der Waals surface area contributed by atoms with Gasteiger partial charge in [-0.25, -0.2) is 0 Å². The highest BCUT2D eigenvalue weighted by atomic mass is 32.2. The molecule has 0 aromatic heterocycles. The van der Waals surface area contributed by atoms with E-state index in [9.17, 15) is 13.2 Å². The van der Waals surface area contributed by atoms with Gasteiger partial charge in [0, 0.05) is 6.54 Å². The largest absolute Gasteiger partial charge is 0.493 e. The molecule has 6 heteroatoms. The molecule has 0 spiro atoms. The molecule has 0 bridgehead atoms. The predicted octanol–water partition coefficient (Wildman–Crippen LogP) is 3.95.